The maximum Gasteiger partial charge on any atom is 0.191 e. The van der Waals surface area contributed by atoms with Crippen LogP contribution in [0.5, 0.6) is 0 Å². The van der Waals surface area contributed by atoms with Gasteiger partial charge in [0.25, 0.3) is 0 Å². The summed E-state index contributed by atoms with van der Waals surface area (Å²) in [6, 6.07) is 0.890. The fraction of sp³-hybridized carbons (Fsp3) is 0.800. The highest BCUT2D eigenvalue weighted by molar-refractivity contribution is 5.80. The van der Waals surface area contributed by atoms with Gasteiger partial charge in [-0.3, -0.25) is 4.99 Å². The van der Waals surface area contributed by atoms with Crippen molar-refractivity contribution < 1.29 is 4.74 Å². The van der Waals surface area contributed by atoms with E-state index in [2.05, 4.69) is 48.5 Å². The Hall–Kier alpha value is -1.03. The summed E-state index contributed by atoms with van der Waals surface area (Å²) in [5.41, 5.74) is 0.0612. The predicted molar refractivity (Wildman–Crippen MR) is 79.4 cm³/mol. The Balaban J connectivity index is 1.90. The summed E-state index contributed by atoms with van der Waals surface area (Å²) in [5.74, 6) is 0.907. The summed E-state index contributed by atoms with van der Waals surface area (Å²) < 4.78 is 5.66. The van der Waals surface area contributed by atoms with Crippen LogP contribution >= 0.6 is 0 Å². The molecule has 2 aliphatic rings. The van der Waals surface area contributed by atoms with Crippen LogP contribution in [0.25, 0.3) is 0 Å². The van der Waals surface area contributed by atoms with Gasteiger partial charge < -0.3 is 15.4 Å². The first kappa shape index (κ1) is 14.4. The molecule has 0 bridgehead atoms. The Labute approximate surface area is 116 Å². The molecule has 0 radical (unpaired) electrons. The highest BCUT2D eigenvalue weighted by atomic mass is 16.5. The fourth-order valence-corrected chi connectivity index (χ4v) is 2.99. The summed E-state index contributed by atoms with van der Waals surface area (Å²) in [5, 5.41) is 7.02. The van der Waals surface area contributed by atoms with Crippen LogP contribution in [0.15, 0.2) is 17.1 Å². The molecule has 0 spiro atoms. The monoisotopic (exact) mass is 265 g/mol. The van der Waals surface area contributed by atoms with E-state index in [-0.39, 0.29) is 11.0 Å². The molecule has 2 N–H and O–H groups in total. The molecule has 2 rings (SSSR count). The summed E-state index contributed by atoms with van der Waals surface area (Å²) in [6.45, 7) is 6.69. The number of rotatable bonds is 3. The minimum Gasteiger partial charge on any atom is -0.378 e. The molecule has 0 aromatic rings. The molecule has 0 saturated heterocycles. The van der Waals surface area contributed by atoms with E-state index >= 15 is 0 Å². The second kappa shape index (κ2) is 5.16. The number of aliphatic imine (C=N–C) groups is 1. The zero-order valence-electron chi connectivity index (χ0n) is 12.8. The van der Waals surface area contributed by atoms with Crippen LogP contribution < -0.4 is 10.6 Å². The van der Waals surface area contributed by atoms with Gasteiger partial charge in [0, 0.05) is 31.7 Å². The third-order valence-electron chi connectivity index (χ3n) is 5.16. The molecule has 1 saturated carbocycles. The average Bonchev–Trinajstić information content (AvgIpc) is 2.89. The molecule has 2 unspecified atom stereocenters. The standard InChI is InChI=1S/C15H27N3O/c1-14(2)12(10-15(14,3)19-5)18-13(16-4)17-11-8-6-7-9-11/h6-7,11-12H,8-10H2,1-5H3,(H2,16,17,18). The molecule has 2 atom stereocenters. The van der Waals surface area contributed by atoms with Gasteiger partial charge in [0.15, 0.2) is 5.96 Å². The normalized spacial score (nSPS) is 34.2. The highest BCUT2D eigenvalue weighted by Crippen LogP contribution is 2.51. The fourth-order valence-electron chi connectivity index (χ4n) is 2.99. The van der Waals surface area contributed by atoms with E-state index in [1.807, 2.05) is 7.05 Å². The number of hydrogen-bond donors (Lipinski definition) is 2. The van der Waals surface area contributed by atoms with Gasteiger partial charge in [-0.25, -0.2) is 0 Å². The van der Waals surface area contributed by atoms with Gasteiger partial charge in [-0.15, -0.1) is 0 Å². The summed E-state index contributed by atoms with van der Waals surface area (Å²) in [7, 11) is 3.63. The SMILES string of the molecule is CN=C(NC1CC=CC1)NC1CC(C)(OC)C1(C)C. The molecule has 4 heteroatoms. The highest BCUT2D eigenvalue weighted by Gasteiger charge is 2.58. The van der Waals surface area contributed by atoms with Crippen LogP contribution in [0.1, 0.15) is 40.0 Å². The quantitative estimate of drug-likeness (QED) is 0.466. The van der Waals surface area contributed by atoms with Crippen LogP contribution in [0.3, 0.4) is 0 Å². The molecule has 1 fully saturated rings. The third kappa shape index (κ3) is 2.50. The van der Waals surface area contributed by atoms with Crippen molar-refractivity contribution in [3.63, 3.8) is 0 Å². The number of guanidine groups is 1. The van der Waals surface area contributed by atoms with Crippen LogP contribution in [0.2, 0.25) is 0 Å². The van der Waals surface area contributed by atoms with E-state index in [9.17, 15) is 0 Å². The van der Waals surface area contributed by atoms with Crippen molar-refractivity contribution in [1.29, 1.82) is 0 Å². The second-order valence-corrected chi connectivity index (χ2v) is 6.41. The topological polar surface area (TPSA) is 45.7 Å². The van der Waals surface area contributed by atoms with E-state index < -0.39 is 0 Å². The van der Waals surface area contributed by atoms with Gasteiger partial charge in [0.05, 0.1) is 5.60 Å². The van der Waals surface area contributed by atoms with E-state index in [4.69, 9.17) is 4.74 Å². The molecule has 0 amide bonds. The van der Waals surface area contributed by atoms with Crippen molar-refractivity contribution in [2.75, 3.05) is 14.2 Å². The van der Waals surface area contributed by atoms with E-state index in [0.29, 0.717) is 12.1 Å². The molecule has 108 valence electrons. The first-order chi connectivity index (χ1) is 8.93. The number of methoxy groups -OCH3 is 1. The Morgan fingerprint density at radius 2 is 1.84 bits per heavy atom. The lowest BCUT2D eigenvalue weighted by atomic mass is 9.56. The van der Waals surface area contributed by atoms with Crippen molar-refractivity contribution in [2.24, 2.45) is 10.4 Å². The Morgan fingerprint density at radius 1 is 1.21 bits per heavy atom. The second-order valence-electron chi connectivity index (χ2n) is 6.41. The predicted octanol–water partition coefficient (Wildman–Crippen LogP) is 2.07. The van der Waals surface area contributed by atoms with Gasteiger partial charge in [0.2, 0.25) is 0 Å². The Morgan fingerprint density at radius 3 is 2.32 bits per heavy atom. The molecular formula is C15H27N3O. The van der Waals surface area contributed by atoms with Crippen molar-refractivity contribution >= 4 is 5.96 Å². The first-order valence-electron chi connectivity index (χ1n) is 7.13. The largest absolute Gasteiger partial charge is 0.378 e. The van der Waals surface area contributed by atoms with Gasteiger partial charge >= 0.3 is 0 Å². The van der Waals surface area contributed by atoms with Crippen molar-refractivity contribution in [2.45, 2.75) is 57.7 Å². The Bertz CT molecular complexity index is 381. The van der Waals surface area contributed by atoms with Crippen LogP contribution in [-0.4, -0.2) is 37.8 Å². The van der Waals surface area contributed by atoms with E-state index in [0.717, 1.165) is 25.2 Å². The number of nitrogens with one attached hydrogen (secondary N) is 2. The van der Waals surface area contributed by atoms with Gasteiger partial charge in [-0.2, -0.15) is 0 Å². The molecule has 19 heavy (non-hydrogen) atoms. The average molecular weight is 265 g/mol. The molecule has 0 aromatic carbocycles. The maximum atomic E-state index is 5.66. The lowest BCUT2D eigenvalue weighted by Crippen LogP contribution is -2.69. The minimum absolute atomic E-state index is 0.0432. The molecule has 0 heterocycles. The summed E-state index contributed by atoms with van der Waals surface area (Å²) in [6.07, 6.45) is 7.63. The number of ether oxygens (including phenoxy) is 1. The lowest BCUT2D eigenvalue weighted by molar-refractivity contribution is -0.176. The van der Waals surface area contributed by atoms with E-state index in [1.54, 1.807) is 7.11 Å². The van der Waals surface area contributed by atoms with Gasteiger partial charge in [-0.1, -0.05) is 26.0 Å². The summed E-state index contributed by atoms with van der Waals surface area (Å²) in [4.78, 5) is 4.34. The number of nitrogens with zero attached hydrogens (tertiary/aromatic N) is 1. The molecule has 0 aromatic heterocycles. The molecule has 4 nitrogen and oxygen atoms in total. The van der Waals surface area contributed by atoms with Gasteiger partial charge in [0.1, 0.15) is 0 Å². The molecule has 2 aliphatic carbocycles. The zero-order chi connectivity index (χ0) is 14.1. The van der Waals surface area contributed by atoms with Crippen LogP contribution in [-0.2, 0) is 4.74 Å². The maximum absolute atomic E-state index is 5.66. The smallest absolute Gasteiger partial charge is 0.191 e. The first-order valence-corrected chi connectivity index (χ1v) is 7.13. The van der Waals surface area contributed by atoms with Crippen molar-refractivity contribution in [3.05, 3.63) is 12.2 Å². The van der Waals surface area contributed by atoms with E-state index in [1.165, 1.54) is 0 Å². The van der Waals surface area contributed by atoms with Crippen LogP contribution in [0, 0.1) is 5.41 Å². The number of hydrogen-bond acceptors (Lipinski definition) is 2. The van der Waals surface area contributed by atoms with Gasteiger partial charge in [-0.05, 0) is 26.2 Å². The lowest BCUT2D eigenvalue weighted by Gasteiger charge is -2.59. The molecular weight excluding hydrogens is 238 g/mol. The van der Waals surface area contributed by atoms with Crippen molar-refractivity contribution in [3.8, 4) is 0 Å². The minimum atomic E-state index is -0.0432. The molecule has 0 aliphatic heterocycles. The third-order valence-corrected chi connectivity index (χ3v) is 5.16. The van der Waals surface area contributed by atoms with Crippen molar-refractivity contribution in [1.82, 2.24) is 10.6 Å². The zero-order valence-corrected chi connectivity index (χ0v) is 12.8. The Kier molecular flexibility index (Phi) is 3.90. The van der Waals surface area contributed by atoms with Crippen LogP contribution in [0.4, 0.5) is 0 Å². The summed E-state index contributed by atoms with van der Waals surface area (Å²) >= 11 is 0.